The van der Waals surface area contributed by atoms with Crippen molar-refractivity contribution in [3.8, 4) is 11.5 Å². The summed E-state index contributed by atoms with van der Waals surface area (Å²) in [5, 5.41) is 6.13. The Kier molecular flexibility index (Phi) is 9.51. The number of carbonyl (C=O) groups excluding carboxylic acids is 2. The van der Waals surface area contributed by atoms with E-state index in [0.29, 0.717) is 28.7 Å². The number of ether oxygens (including phenoxy) is 2. The fourth-order valence-corrected chi connectivity index (χ4v) is 4.78. The number of benzene rings is 2. The molecule has 0 saturated carbocycles. The summed E-state index contributed by atoms with van der Waals surface area (Å²) in [5.74, 6) is 1.38. The van der Waals surface area contributed by atoms with Crippen molar-refractivity contribution in [3.63, 3.8) is 0 Å². The molecule has 0 bridgehead atoms. The number of aromatic nitrogens is 2. The quantitative estimate of drug-likeness (QED) is 0.379. The van der Waals surface area contributed by atoms with Gasteiger partial charge in [0, 0.05) is 56.6 Å². The van der Waals surface area contributed by atoms with E-state index in [1.54, 1.807) is 25.2 Å². The molecule has 3 aromatic rings. The zero-order valence-electron chi connectivity index (χ0n) is 22.7. The monoisotopic (exact) mass is 587 g/mol. The van der Waals surface area contributed by atoms with E-state index in [4.69, 9.17) is 32.7 Å². The molecule has 4 rings (SSSR count). The normalized spacial score (nSPS) is 13.5. The third-order valence-electron chi connectivity index (χ3n) is 6.62. The largest absolute Gasteiger partial charge is 0.495 e. The summed E-state index contributed by atoms with van der Waals surface area (Å²) >= 11 is 12.8. The maximum absolute atomic E-state index is 13.0. The van der Waals surface area contributed by atoms with E-state index in [1.165, 1.54) is 31.5 Å². The van der Waals surface area contributed by atoms with Crippen LogP contribution in [0.1, 0.15) is 17.3 Å². The number of piperazine rings is 1. The van der Waals surface area contributed by atoms with Crippen molar-refractivity contribution in [2.75, 3.05) is 69.5 Å². The van der Waals surface area contributed by atoms with Crippen molar-refractivity contribution in [1.29, 1.82) is 0 Å². The zero-order chi connectivity index (χ0) is 28.8. The highest BCUT2D eigenvalue weighted by Crippen LogP contribution is 2.44. The Balaban J connectivity index is 1.42. The van der Waals surface area contributed by atoms with Crippen LogP contribution in [-0.4, -0.2) is 85.7 Å². The maximum atomic E-state index is 13.0. The molecule has 2 aromatic carbocycles. The fourth-order valence-electron chi connectivity index (χ4n) is 4.18. The molecular formula is C27H31Cl2N7O4. The molecular weight excluding hydrogens is 557 g/mol. The van der Waals surface area contributed by atoms with Gasteiger partial charge in [-0.3, -0.25) is 9.69 Å². The van der Waals surface area contributed by atoms with Gasteiger partial charge in [0.15, 0.2) is 0 Å². The first-order valence-corrected chi connectivity index (χ1v) is 13.4. The van der Waals surface area contributed by atoms with Gasteiger partial charge < -0.3 is 29.9 Å². The first-order chi connectivity index (χ1) is 19.2. The van der Waals surface area contributed by atoms with Crippen LogP contribution in [0.5, 0.6) is 11.5 Å². The first kappa shape index (κ1) is 29.2. The van der Waals surface area contributed by atoms with Gasteiger partial charge in [-0.1, -0.05) is 30.1 Å². The number of halogens is 2. The van der Waals surface area contributed by atoms with Crippen molar-refractivity contribution in [2.45, 2.75) is 6.92 Å². The number of nitrogens with one attached hydrogen (secondary N) is 2. The summed E-state index contributed by atoms with van der Waals surface area (Å²) in [5.41, 5.74) is 1.50. The molecule has 3 amide bonds. The van der Waals surface area contributed by atoms with E-state index in [2.05, 4.69) is 32.4 Å². The van der Waals surface area contributed by atoms with Crippen LogP contribution >= 0.6 is 23.2 Å². The van der Waals surface area contributed by atoms with Crippen LogP contribution in [0.3, 0.4) is 0 Å². The number of amides is 3. The molecule has 1 saturated heterocycles. The minimum absolute atomic E-state index is 0.0214. The number of carbonyl (C=O) groups is 2. The Morgan fingerprint density at radius 1 is 0.975 bits per heavy atom. The van der Waals surface area contributed by atoms with Crippen LogP contribution in [0, 0.1) is 0 Å². The molecule has 2 heterocycles. The van der Waals surface area contributed by atoms with Gasteiger partial charge in [-0.25, -0.2) is 14.8 Å². The van der Waals surface area contributed by atoms with Gasteiger partial charge in [0.1, 0.15) is 39.5 Å². The lowest BCUT2D eigenvalue weighted by Gasteiger charge is -2.34. The van der Waals surface area contributed by atoms with E-state index < -0.39 is 6.03 Å². The topological polar surface area (TPSA) is 112 Å². The number of hydrogen-bond donors (Lipinski definition) is 2. The molecule has 0 atom stereocenters. The van der Waals surface area contributed by atoms with Crippen molar-refractivity contribution < 1.29 is 19.1 Å². The number of rotatable bonds is 8. The van der Waals surface area contributed by atoms with Crippen LogP contribution in [0.4, 0.5) is 27.8 Å². The van der Waals surface area contributed by atoms with Gasteiger partial charge in [-0.2, -0.15) is 0 Å². The number of anilines is 4. The Bertz CT molecular complexity index is 1340. The van der Waals surface area contributed by atoms with Crippen molar-refractivity contribution in [3.05, 3.63) is 58.3 Å². The third kappa shape index (κ3) is 6.49. The smallest absolute Gasteiger partial charge is 0.327 e. The maximum Gasteiger partial charge on any atom is 0.327 e. The molecule has 1 aromatic heterocycles. The van der Waals surface area contributed by atoms with E-state index in [-0.39, 0.29) is 21.6 Å². The standard InChI is InChI=1S/C27H31Cl2N7O4/c1-5-35-10-12-36(13-11-35)26(37)17-6-8-18(9-7-17)32-21-15-22(31-16-30-21)34(2)27(38)33-25-23(28)19(39-3)14-20(40-4)24(25)29/h6-9,14-16H,5,10-13H2,1-4H3,(H,33,38)(H,30,31,32). The Labute approximate surface area is 243 Å². The van der Waals surface area contributed by atoms with Gasteiger partial charge in [-0.05, 0) is 30.8 Å². The third-order valence-corrected chi connectivity index (χ3v) is 7.37. The molecule has 0 spiro atoms. The summed E-state index contributed by atoms with van der Waals surface area (Å²) in [6, 6.07) is 9.79. The number of methoxy groups -OCH3 is 2. The Hall–Kier alpha value is -3.80. The average Bonchev–Trinajstić information content (AvgIpc) is 2.99. The molecule has 1 fully saturated rings. The molecule has 0 aliphatic carbocycles. The van der Waals surface area contributed by atoms with Gasteiger partial charge in [0.25, 0.3) is 5.91 Å². The van der Waals surface area contributed by atoms with E-state index >= 15 is 0 Å². The number of nitrogens with zero attached hydrogens (tertiary/aromatic N) is 5. The highest BCUT2D eigenvalue weighted by molar-refractivity contribution is 6.41. The number of hydrogen-bond acceptors (Lipinski definition) is 8. The average molecular weight is 588 g/mol. The van der Waals surface area contributed by atoms with Crippen LogP contribution < -0.4 is 25.0 Å². The van der Waals surface area contributed by atoms with Crippen LogP contribution in [-0.2, 0) is 0 Å². The lowest BCUT2D eigenvalue weighted by molar-refractivity contribution is 0.0643. The molecule has 1 aliphatic heterocycles. The van der Waals surface area contributed by atoms with Crippen molar-refractivity contribution in [2.24, 2.45) is 0 Å². The zero-order valence-corrected chi connectivity index (χ0v) is 24.2. The summed E-state index contributed by atoms with van der Waals surface area (Å²) in [4.78, 5) is 39.9. The second kappa shape index (κ2) is 13.0. The van der Waals surface area contributed by atoms with E-state index in [9.17, 15) is 9.59 Å². The molecule has 13 heteroatoms. The Morgan fingerprint density at radius 3 is 2.17 bits per heavy atom. The molecule has 40 heavy (non-hydrogen) atoms. The van der Waals surface area contributed by atoms with Gasteiger partial charge in [0.2, 0.25) is 0 Å². The SMILES string of the molecule is CCN1CCN(C(=O)c2ccc(Nc3cc(N(C)C(=O)Nc4c(Cl)c(OC)cc(OC)c4Cl)ncn3)cc2)CC1. The van der Waals surface area contributed by atoms with Gasteiger partial charge in [0.05, 0.1) is 19.9 Å². The summed E-state index contributed by atoms with van der Waals surface area (Å²) in [6.45, 7) is 6.34. The molecule has 1 aliphatic rings. The highest BCUT2D eigenvalue weighted by Gasteiger charge is 2.23. The minimum Gasteiger partial charge on any atom is -0.495 e. The summed E-state index contributed by atoms with van der Waals surface area (Å²) in [7, 11) is 4.44. The number of likely N-dealkylation sites (N-methyl/N-ethyl adjacent to an activating group) is 1. The highest BCUT2D eigenvalue weighted by atomic mass is 35.5. The van der Waals surface area contributed by atoms with E-state index in [1.807, 2.05) is 17.0 Å². The lowest BCUT2D eigenvalue weighted by Crippen LogP contribution is -2.48. The lowest BCUT2D eigenvalue weighted by atomic mass is 10.1. The van der Waals surface area contributed by atoms with Crippen molar-refractivity contribution in [1.82, 2.24) is 19.8 Å². The second-order valence-electron chi connectivity index (χ2n) is 8.96. The van der Waals surface area contributed by atoms with Crippen LogP contribution in [0.15, 0.2) is 42.7 Å². The molecule has 2 N–H and O–H groups in total. The second-order valence-corrected chi connectivity index (χ2v) is 9.72. The summed E-state index contributed by atoms with van der Waals surface area (Å²) < 4.78 is 10.5. The fraction of sp³-hybridized carbons (Fsp3) is 0.333. The molecule has 212 valence electrons. The van der Waals surface area contributed by atoms with Crippen molar-refractivity contribution >= 4 is 58.2 Å². The molecule has 0 unspecified atom stereocenters. The van der Waals surface area contributed by atoms with Crippen LogP contribution in [0.2, 0.25) is 10.0 Å². The molecule has 0 radical (unpaired) electrons. The first-order valence-electron chi connectivity index (χ1n) is 12.6. The van der Waals surface area contributed by atoms with Gasteiger partial charge in [-0.15, -0.1) is 0 Å². The number of urea groups is 1. The van der Waals surface area contributed by atoms with Gasteiger partial charge >= 0.3 is 6.03 Å². The minimum atomic E-state index is -0.550. The van der Waals surface area contributed by atoms with E-state index in [0.717, 1.165) is 38.4 Å². The molecule has 11 nitrogen and oxygen atoms in total. The van der Waals surface area contributed by atoms with Crippen LogP contribution in [0.25, 0.3) is 0 Å². The predicted molar refractivity (Wildman–Crippen MR) is 157 cm³/mol. The predicted octanol–water partition coefficient (Wildman–Crippen LogP) is 4.99. The Morgan fingerprint density at radius 2 is 1.60 bits per heavy atom. The summed E-state index contributed by atoms with van der Waals surface area (Å²) in [6.07, 6.45) is 1.34.